The molecule has 11 nitrogen and oxygen atoms in total. The molecule has 1 aliphatic heterocycles. The number of carbonyl (C=O) groups is 2. The zero-order valence-corrected chi connectivity index (χ0v) is 19.4. The van der Waals surface area contributed by atoms with E-state index in [0.29, 0.717) is 48.7 Å². The van der Waals surface area contributed by atoms with Gasteiger partial charge in [0.1, 0.15) is 18.4 Å². The van der Waals surface area contributed by atoms with Gasteiger partial charge in [0.15, 0.2) is 0 Å². The topological polar surface area (TPSA) is 157 Å². The standard InChI is InChI=1S/C24H25N7O4/c1-14(2)28-21-18(11-25)10-19(12-26-21)23-29-22(30-35-23)17-4-3-15-5-7-31(8-6-16(15)9-17)20(32)13-27-24(33)34/h3-4,9-10,12,14,27H,5-8,13H2,1-2H3,(H,26,28)(H,33,34). The predicted molar refractivity (Wildman–Crippen MR) is 126 cm³/mol. The van der Waals surface area contributed by atoms with Gasteiger partial charge in [0, 0.05) is 30.9 Å². The quantitative estimate of drug-likeness (QED) is 0.487. The van der Waals surface area contributed by atoms with Crippen molar-refractivity contribution >= 4 is 17.8 Å². The highest BCUT2D eigenvalue weighted by molar-refractivity contribution is 5.82. The number of nitrogens with zero attached hydrogens (tertiary/aromatic N) is 5. The fraction of sp³-hybridized carbons (Fsp3) is 0.333. The van der Waals surface area contributed by atoms with Gasteiger partial charge < -0.3 is 25.2 Å². The molecule has 3 heterocycles. The molecule has 0 unspecified atom stereocenters. The van der Waals surface area contributed by atoms with Gasteiger partial charge in [-0.2, -0.15) is 10.2 Å². The van der Waals surface area contributed by atoms with Gasteiger partial charge in [-0.15, -0.1) is 0 Å². The Balaban J connectivity index is 1.50. The molecule has 35 heavy (non-hydrogen) atoms. The molecule has 1 aromatic carbocycles. The molecule has 4 rings (SSSR count). The van der Waals surface area contributed by atoms with E-state index in [1.54, 1.807) is 17.2 Å². The van der Waals surface area contributed by atoms with Crippen LogP contribution in [-0.4, -0.2) is 62.8 Å². The fourth-order valence-electron chi connectivity index (χ4n) is 3.89. The average molecular weight is 476 g/mol. The molecule has 3 aromatic rings. The maximum Gasteiger partial charge on any atom is 0.405 e. The monoisotopic (exact) mass is 475 g/mol. The van der Waals surface area contributed by atoms with Crippen LogP contribution >= 0.6 is 0 Å². The molecule has 0 radical (unpaired) electrons. The highest BCUT2D eigenvalue weighted by atomic mass is 16.5. The Labute approximate surface area is 201 Å². The SMILES string of the molecule is CC(C)Nc1ncc(-c2nc(-c3ccc4c(c3)CCN(C(=O)CNC(=O)O)CC4)no2)cc1C#N. The smallest absolute Gasteiger partial charge is 0.405 e. The molecule has 2 aromatic heterocycles. The fourth-order valence-corrected chi connectivity index (χ4v) is 3.89. The summed E-state index contributed by atoms with van der Waals surface area (Å²) in [6.07, 6.45) is 1.67. The van der Waals surface area contributed by atoms with E-state index in [0.717, 1.165) is 16.7 Å². The number of nitriles is 1. The van der Waals surface area contributed by atoms with E-state index in [2.05, 4.69) is 31.8 Å². The maximum absolute atomic E-state index is 12.3. The predicted octanol–water partition coefficient (Wildman–Crippen LogP) is 2.69. The molecule has 0 atom stereocenters. The normalized spacial score (nSPS) is 13.0. The van der Waals surface area contributed by atoms with Crippen molar-refractivity contribution in [2.24, 2.45) is 0 Å². The first-order chi connectivity index (χ1) is 16.8. The molecule has 0 saturated heterocycles. The molecule has 0 spiro atoms. The third kappa shape index (κ3) is 5.55. The zero-order valence-electron chi connectivity index (χ0n) is 19.4. The third-order valence-electron chi connectivity index (χ3n) is 5.62. The number of benzene rings is 1. The van der Waals surface area contributed by atoms with Crippen molar-refractivity contribution in [3.8, 4) is 28.9 Å². The minimum absolute atomic E-state index is 0.135. The summed E-state index contributed by atoms with van der Waals surface area (Å²) in [5.41, 5.74) is 3.91. The lowest BCUT2D eigenvalue weighted by Crippen LogP contribution is -2.41. The van der Waals surface area contributed by atoms with Crippen LogP contribution in [0.4, 0.5) is 10.6 Å². The molecule has 0 aliphatic carbocycles. The molecule has 0 bridgehead atoms. The first kappa shape index (κ1) is 23.7. The van der Waals surface area contributed by atoms with Crippen molar-refractivity contribution in [3.05, 3.63) is 47.2 Å². The molecule has 11 heteroatoms. The lowest BCUT2D eigenvalue weighted by atomic mass is 10.00. The third-order valence-corrected chi connectivity index (χ3v) is 5.62. The Hall–Kier alpha value is -4.46. The minimum Gasteiger partial charge on any atom is -0.465 e. The molecular formula is C24H25N7O4. The summed E-state index contributed by atoms with van der Waals surface area (Å²) in [6.45, 7) is 4.71. The van der Waals surface area contributed by atoms with E-state index in [1.807, 2.05) is 32.0 Å². The van der Waals surface area contributed by atoms with Crippen molar-refractivity contribution in [2.75, 3.05) is 25.0 Å². The number of carbonyl (C=O) groups excluding carboxylic acids is 1. The van der Waals surface area contributed by atoms with Gasteiger partial charge in [-0.25, -0.2) is 9.78 Å². The summed E-state index contributed by atoms with van der Waals surface area (Å²) in [5, 5.41) is 27.6. The summed E-state index contributed by atoms with van der Waals surface area (Å²) < 4.78 is 5.45. The second-order valence-electron chi connectivity index (χ2n) is 8.48. The average Bonchev–Trinajstić information content (AvgIpc) is 3.23. The van der Waals surface area contributed by atoms with Crippen molar-refractivity contribution in [3.63, 3.8) is 0 Å². The number of nitrogens with one attached hydrogen (secondary N) is 2. The summed E-state index contributed by atoms with van der Waals surface area (Å²) in [6, 6.07) is 9.83. The highest BCUT2D eigenvalue weighted by Gasteiger charge is 2.20. The van der Waals surface area contributed by atoms with E-state index >= 15 is 0 Å². The maximum atomic E-state index is 12.3. The van der Waals surface area contributed by atoms with E-state index < -0.39 is 6.09 Å². The van der Waals surface area contributed by atoms with Crippen LogP contribution in [0, 0.1) is 11.3 Å². The van der Waals surface area contributed by atoms with Gasteiger partial charge in [-0.05, 0) is 49.9 Å². The summed E-state index contributed by atoms with van der Waals surface area (Å²) in [5.74, 6) is 0.928. The van der Waals surface area contributed by atoms with Crippen LogP contribution in [0.15, 0.2) is 35.0 Å². The summed E-state index contributed by atoms with van der Waals surface area (Å²) in [7, 11) is 0. The number of pyridine rings is 1. The molecule has 180 valence electrons. The number of carboxylic acid groups (broad SMARTS) is 1. The zero-order chi connectivity index (χ0) is 24.9. The van der Waals surface area contributed by atoms with Crippen molar-refractivity contribution in [1.29, 1.82) is 5.26 Å². The largest absolute Gasteiger partial charge is 0.465 e. The molecule has 0 fully saturated rings. The molecule has 3 N–H and O–H groups in total. The lowest BCUT2D eigenvalue weighted by molar-refractivity contribution is -0.130. The number of amides is 2. The second-order valence-corrected chi connectivity index (χ2v) is 8.48. The van der Waals surface area contributed by atoms with Crippen LogP contribution in [-0.2, 0) is 17.6 Å². The number of rotatable bonds is 6. The molecule has 2 amide bonds. The van der Waals surface area contributed by atoms with E-state index in [4.69, 9.17) is 9.63 Å². The highest BCUT2D eigenvalue weighted by Crippen LogP contribution is 2.27. The first-order valence-corrected chi connectivity index (χ1v) is 11.2. The lowest BCUT2D eigenvalue weighted by Gasteiger charge is -2.19. The van der Waals surface area contributed by atoms with Crippen molar-refractivity contribution < 1.29 is 19.2 Å². The van der Waals surface area contributed by atoms with Crippen molar-refractivity contribution in [2.45, 2.75) is 32.7 Å². The first-order valence-electron chi connectivity index (χ1n) is 11.2. The van der Waals surface area contributed by atoms with E-state index in [1.165, 1.54) is 0 Å². The van der Waals surface area contributed by atoms with Crippen LogP contribution in [0.2, 0.25) is 0 Å². The van der Waals surface area contributed by atoms with Crippen molar-refractivity contribution in [1.82, 2.24) is 25.3 Å². The van der Waals surface area contributed by atoms with Gasteiger partial charge in [0.25, 0.3) is 5.89 Å². The van der Waals surface area contributed by atoms with Gasteiger partial charge in [0.05, 0.1) is 11.1 Å². The van der Waals surface area contributed by atoms with Crippen LogP contribution in [0.5, 0.6) is 0 Å². The number of hydrogen-bond donors (Lipinski definition) is 3. The number of anilines is 1. The number of aromatic nitrogens is 3. The Kier molecular flexibility index (Phi) is 6.91. The summed E-state index contributed by atoms with van der Waals surface area (Å²) >= 11 is 0. The van der Waals surface area contributed by atoms with Gasteiger partial charge in [-0.3, -0.25) is 4.79 Å². The van der Waals surface area contributed by atoms with Gasteiger partial charge in [0.2, 0.25) is 11.7 Å². The number of fused-ring (bicyclic) bond motifs is 1. The molecular weight excluding hydrogens is 450 g/mol. The Morgan fingerprint density at radius 2 is 1.97 bits per heavy atom. The van der Waals surface area contributed by atoms with E-state index in [-0.39, 0.29) is 24.4 Å². The molecule has 1 aliphatic rings. The second kappa shape index (κ2) is 10.2. The minimum atomic E-state index is -1.22. The summed E-state index contributed by atoms with van der Waals surface area (Å²) in [4.78, 5) is 33.4. The van der Waals surface area contributed by atoms with Gasteiger partial charge in [-0.1, -0.05) is 17.3 Å². The molecule has 0 saturated carbocycles. The van der Waals surface area contributed by atoms with Crippen LogP contribution in [0.3, 0.4) is 0 Å². The van der Waals surface area contributed by atoms with Crippen LogP contribution < -0.4 is 10.6 Å². The van der Waals surface area contributed by atoms with Crippen LogP contribution in [0.25, 0.3) is 22.8 Å². The Morgan fingerprint density at radius 3 is 2.69 bits per heavy atom. The number of hydrogen-bond acceptors (Lipinski definition) is 8. The van der Waals surface area contributed by atoms with E-state index in [9.17, 15) is 14.9 Å². The van der Waals surface area contributed by atoms with Gasteiger partial charge >= 0.3 is 6.09 Å². The van der Waals surface area contributed by atoms with Crippen LogP contribution in [0.1, 0.15) is 30.5 Å². The Morgan fingerprint density at radius 1 is 1.20 bits per heavy atom. The Bertz CT molecular complexity index is 1300.